The number of hydrogen-bond acceptors (Lipinski definition) is 3. The van der Waals surface area contributed by atoms with Gasteiger partial charge >= 0.3 is 0 Å². The predicted octanol–water partition coefficient (Wildman–Crippen LogP) is 4.18. The maximum absolute atomic E-state index is 6.04. The van der Waals surface area contributed by atoms with Crippen molar-refractivity contribution in [2.75, 3.05) is 6.54 Å². The molecule has 0 aliphatic carbocycles. The topological polar surface area (TPSA) is 37.8 Å². The van der Waals surface area contributed by atoms with E-state index in [1.807, 2.05) is 25.1 Å². The van der Waals surface area contributed by atoms with Crippen LogP contribution in [-0.2, 0) is 13.0 Å². The fraction of sp³-hybridized carbons (Fsp3) is 0.375. The quantitative estimate of drug-likeness (QED) is 0.810. The van der Waals surface area contributed by atoms with Gasteiger partial charge in [-0.1, -0.05) is 36.2 Å². The van der Waals surface area contributed by atoms with E-state index in [4.69, 9.17) is 23.2 Å². The van der Waals surface area contributed by atoms with Gasteiger partial charge in [-0.05, 0) is 43.7 Å². The summed E-state index contributed by atoms with van der Waals surface area (Å²) in [5.41, 5.74) is 3.06. The van der Waals surface area contributed by atoms with Gasteiger partial charge in [-0.25, -0.2) is 9.97 Å². The van der Waals surface area contributed by atoms with Crippen molar-refractivity contribution >= 4 is 23.2 Å². The Morgan fingerprint density at radius 1 is 1.10 bits per heavy atom. The fourth-order valence-electron chi connectivity index (χ4n) is 2.10. The normalized spacial score (nSPS) is 10.9. The van der Waals surface area contributed by atoms with Crippen LogP contribution in [0.4, 0.5) is 0 Å². The van der Waals surface area contributed by atoms with Crippen LogP contribution in [0.25, 0.3) is 0 Å². The van der Waals surface area contributed by atoms with E-state index in [0.29, 0.717) is 16.5 Å². The molecule has 2 aromatic rings. The van der Waals surface area contributed by atoms with Crippen LogP contribution in [0.3, 0.4) is 0 Å². The van der Waals surface area contributed by atoms with Gasteiger partial charge in [-0.15, -0.1) is 0 Å². The number of nitrogens with zero attached hydrogens (tertiary/aromatic N) is 2. The third kappa shape index (κ3) is 4.95. The summed E-state index contributed by atoms with van der Waals surface area (Å²) in [7, 11) is 0. The standard InChI is InChI=1S/C16H19Cl2N3/c1-3-6-19-10-13-7-11(2)20-16(21-13)9-12-4-5-14(17)15(18)8-12/h4-5,7-8,19H,3,6,9-10H2,1-2H3. The molecular formula is C16H19Cl2N3. The van der Waals surface area contributed by atoms with E-state index in [2.05, 4.69) is 22.2 Å². The molecule has 1 aromatic heterocycles. The fourth-order valence-corrected chi connectivity index (χ4v) is 2.42. The monoisotopic (exact) mass is 323 g/mol. The number of benzene rings is 1. The summed E-state index contributed by atoms with van der Waals surface area (Å²) in [5, 5.41) is 4.48. The van der Waals surface area contributed by atoms with E-state index >= 15 is 0 Å². The average Bonchev–Trinajstić information content (AvgIpc) is 2.43. The van der Waals surface area contributed by atoms with Gasteiger partial charge in [0.05, 0.1) is 15.7 Å². The summed E-state index contributed by atoms with van der Waals surface area (Å²) in [6.45, 7) is 5.90. The van der Waals surface area contributed by atoms with Crippen LogP contribution in [0.15, 0.2) is 24.3 Å². The Labute approximate surface area is 135 Å². The first kappa shape index (κ1) is 16.2. The van der Waals surface area contributed by atoms with Gasteiger partial charge in [0, 0.05) is 18.7 Å². The van der Waals surface area contributed by atoms with Crippen molar-refractivity contribution in [3.8, 4) is 0 Å². The minimum Gasteiger partial charge on any atom is -0.311 e. The molecule has 0 amide bonds. The molecule has 0 unspecified atom stereocenters. The number of aromatic nitrogens is 2. The Hall–Kier alpha value is -1.16. The van der Waals surface area contributed by atoms with E-state index in [-0.39, 0.29) is 0 Å². The van der Waals surface area contributed by atoms with Crippen LogP contribution in [0.5, 0.6) is 0 Å². The third-order valence-corrected chi connectivity index (χ3v) is 3.77. The molecule has 1 heterocycles. The molecule has 0 atom stereocenters. The molecule has 0 aliphatic heterocycles. The van der Waals surface area contributed by atoms with E-state index in [1.165, 1.54) is 0 Å². The lowest BCUT2D eigenvalue weighted by molar-refractivity contribution is 0.658. The van der Waals surface area contributed by atoms with Gasteiger partial charge in [0.15, 0.2) is 0 Å². The Morgan fingerprint density at radius 3 is 2.62 bits per heavy atom. The third-order valence-electron chi connectivity index (χ3n) is 3.03. The lowest BCUT2D eigenvalue weighted by atomic mass is 10.1. The van der Waals surface area contributed by atoms with E-state index in [9.17, 15) is 0 Å². The molecule has 5 heteroatoms. The highest BCUT2D eigenvalue weighted by Gasteiger charge is 2.06. The molecule has 21 heavy (non-hydrogen) atoms. The molecule has 0 radical (unpaired) electrons. The zero-order chi connectivity index (χ0) is 15.2. The molecule has 1 N–H and O–H groups in total. The lowest BCUT2D eigenvalue weighted by Crippen LogP contribution is -2.16. The smallest absolute Gasteiger partial charge is 0.133 e. The summed E-state index contributed by atoms with van der Waals surface area (Å²) in [6.07, 6.45) is 1.76. The first-order valence-electron chi connectivity index (χ1n) is 7.06. The van der Waals surface area contributed by atoms with Crippen molar-refractivity contribution in [3.63, 3.8) is 0 Å². The van der Waals surface area contributed by atoms with Gasteiger partial charge in [0.1, 0.15) is 5.82 Å². The lowest BCUT2D eigenvalue weighted by Gasteiger charge is -2.08. The van der Waals surface area contributed by atoms with Crippen molar-refractivity contribution in [1.82, 2.24) is 15.3 Å². The molecule has 0 saturated carbocycles. The van der Waals surface area contributed by atoms with Gasteiger partial charge in [0.25, 0.3) is 0 Å². The molecular weight excluding hydrogens is 305 g/mol. The second-order valence-electron chi connectivity index (χ2n) is 5.02. The Kier molecular flexibility index (Phi) is 5.97. The van der Waals surface area contributed by atoms with Crippen LogP contribution in [0, 0.1) is 6.92 Å². The van der Waals surface area contributed by atoms with E-state index < -0.39 is 0 Å². The molecule has 112 valence electrons. The first-order chi connectivity index (χ1) is 10.1. The number of rotatable bonds is 6. The van der Waals surface area contributed by atoms with Crippen LogP contribution in [0.2, 0.25) is 10.0 Å². The van der Waals surface area contributed by atoms with Crippen LogP contribution < -0.4 is 5.32 Å². The molecule has 3 nitrogen and oxygen atoms in total. The average molecular weight is 324 g/mol. The Morgan fingerprint density at radius 2 is 1.90 bits per heavy atom. The number of nitrogens with one attached hydrogen (secondary N) is 1. The summed E-state index contributed by atoms with van der Waals surface area (Å²) in [5.74, 6) is 0.807. The molecule has 0 bridgehead atoms. The van der Waals surface area contributed by atoms with Gasteiger partial charge < -0.3 is 5.32 Å². The van der Waals surface area contributed by atoms with Gasteiger partial charge in [0.2, 0.25) is 0 Å². The van der Waals surface area contributed by atoms with E-state index in [0.717, 1.165) is 42.3 Å². The summed E-state index contributed by atoms with van der Waals surface area (Å²) >= 11 is 12.0. The molecule has 2 rings (SSSR count). The van der Waals surface area contributed by atoms with Crippen LogP contribution >= 0.6 is 23.2 Å². The zero-order valence-corrected chi connectivity index (χ0v) is 13.8. The van der Waals surface area contributed by atoms with Crippen LogP contribution in [0.1, 0.15) is 36.1 Å². The number of aryl methyl sites for hydroxylation is 1. The minimum atomic E-state index is 0.562. The first-order valence-corrected chi connectivity index (χ1v) is 7.82. The minimum absolute atomic E-state index is 0.562. The summed E-state index contributed by atoms with van der Waals surface area (Å²) in [6, 6.07) is 7.64. The Balaban J connectivity index is 2.13. The SMILES string of the molecule is CCCNCc1cc(C)nc(Cc2ccc(Cl)c(Cl)c2)n1. The molecule has 0 fully saturated rings. The van der Waals surface area contributed by atoms with Crippen molar-refractivity contribution in [2.24, 2.45) is 0 Å². The highest BCUT2D eigenvalue weighted by molar-refractivity contribution is 6.42. The summed E-state index contributed by atoms with van der Waals surface area (Å²) in [4.78, 5) is 9.10. The van der Waals surface area contributed by atoms with Crippen molar-refractivity contribution in [3.05, 3.63) is 57.1 Å². The maximum Gasteiger partial charge on any atom is 0.133 e. The Bertz CT molecular complexity index is 614. The second kappa shape index (κ2) is 7.74. The van der Waals surface area contributed by atoms with Crippen molar-refractivity contribution in [2.45, 2.75) is 33.2 Å². The second-order valence-corrected chi connectivity index (χ2v) is 5.83. The molecule has 1 aromatic carbocycles. The highest BCUT2D eigenvalue weighted by Crippen LogP contribution is 2.23. The molecule has 0 spiro atoms. The highest BCUT2D eigenvalue weighted by atomic mass is 35.5. The van der Waals surface area contributed by atoms with E-state index in [1.54, 1.807) is 6.07 Å². The van der Waals surface area contributed by atoms with Crippen LogP contribution in [-0.4, -0.2) is 16.5 Å². The zero-order valence-electron chi connectivity index (χ0n) is 12.3. The van der Waals surface area contributed by atoms with Gasteiger partial charge in [-0.2, -0.15) is 0 Å². The predicted molar refractivity (Wildman–Crippen MR) is 88.0 cm³/mol. The maximum atomic E-state index is 6.04. The van der Waals surface area contributed by atoms with Crippen molar-refractivity contribution < 1.29 is 0 Å². The largest absolute Gasteiger partial charge is 0.311 e. The molecule has 0 saturated heterocycles. The summed E-state index contributed by atoms with van der Waals surface area (Å²) < 4.78 is 0. The number of hydrogen-bond donors (Lipinski definition) is 1. The van der Waals surface area contributed by atoms with Gasteiger partial charge in [-0.3, -0.25) is 0 Å². The van der Waals surface area contributed by atoms with Crippen molar-refractivity contribution in [1.29, 1.82) is 0 Å². The number of halogens is 2. The molecule has 0 aliphatic rings.